The third-order valence-electron chi connectivity index (χ3n) is 4.87. The van der Waals surface area contributed by atoms with Crippen LogP contribution in [0.25, 0.3) is 6.08 Å². The molecular weight excluding hydrogens is 494 g/mol. The first-order valence-corrected chi connectivity index (χ1v) is 11.0. The van der Waals surface area contributed by atoms with Gasteiger partial charge in [0.25, 0.3) is 16.8 Å². The molecular formula is C23H17N3O9S. The summed E-state index contributed by atoms with van der Waals surface area (Å²) < 4.78 is 20.9. The molecule has 2 amide bonds. The van der Waals surface area contributed by atoms with E-state index in [1.54, 1.807) is 18.2 Å². The molecule has 3 heterocycles. The number of ether oxygens (including phenoxy) is 3. The minimum Gasteiger partial charge on any atom is -0.493 e. The molecule has 12 nitrogen and oxygen atoms in total. The number of benzene rings is 1. The molecule has 0 bridgehead atoms. The Labute approximate surface area is 207 Å². The van der Waals surface area contributed by atoms with Crippen molar-refractivity contribution in [2.75, 3.05) is 14.2 Å². The van der Waals surface area contributed by atoms with Gasteiger partial charge in [0.15, 0.2) is 11.5 Å². The van der Waals surface area contributed by atoms with Crippen molar-refractivity contribution in [3.8, 4) is 17.4 Å². The Bertz CT molecular complexity index is 1380. The molecule has 0 spiro atoms. The van der Waals surface area contributed by atoms with E-state index >= 15 is 0 Å². The smallest absolute Gasteiger partial charge is 0.373 e. The summed E-state index contributed by atoms with van der Waals surface area (Å²) in [5.41, 5.74) is 0.391. The first kappa shape index (κ1) is 24.5. The number of furan rings is 1. The van der Waals surface area contributed by atoms with Gasteiger partial charge in [-0.25, -0.2) is 9.78 Å². The molecule has 0 aliphatic carbocycles. The van der Waals surface area contributed by atoms with Crippen molar-refractivity contribution >= 4 is 40.6 Å². The summed E-state index contributed by atoms with van der Waals surface area (Å²) in [5, 5.41) is 10.3. The lowest BCUT2D eigenvalue weighted by Crippen LogP contribution is -2.27. The van der Waals surface area contributed by atoms with Crippen molar-refractivity contribution < 1.29 is 37.9 Å². The fraction of sp³-hybridized carbons (Fsp3) is 0.130. The van der Waals surface area contributed by atoms with Crippen molar-refractivity contribution in [2.45, 2.75) is 6.54 Å². The second-order valence-corrected chi connectivity index (χ2v) is 8.14. The number of carbonyl (C=O) groups is 3. The van der Waals surface area contributed by atoms with E-state index in [4.69, 9.17) is 13.9 Å². The van der Waals surface area contributed by atoms with Crippen molar-refractivity contribution in [1.82, 2.24) is 9.88 Å². The normalized spacial score (nSPS) is 14.3. The van der Waals surface area contributed by atoms with Gasteiger partial charge >= 0.3 is 5.97 Å². The average molecular weight is 511 g/mol. The van der Waals surface area contributed by atoms with E-state index in [9.17, 15) is 24.5 Å². The summed E-state index contributed by atoms with van der Waals surface area (Å²) in [4.78, 5) is 52.1. The molecule has 0 unspecified atom stereocenters. The number of rotatable bonds is 8. The number of thioether (sulfide) groups is 1. The monoisotopic (exact) mass is 511 g/mol. The van der Waals surface area contributed by atoms with Gasteiger partial charge in [0.2, 0.25) is 11.6 Å². The van der Waals surface area contributed by atoms with Crippen LogP contribution in [-0.4, -0.2) is 46.1 Å². The highest BCUT2D eigenvalue weighted by Gasteiger charge is 2.35. The van der Waals surface area contributed by atoms with Crippen LogP contribution < -0.4 is 9.47 Å². The summed E-state index contributed by atoms with van der Waals surface area (Å²) in [7, 11) is 2.64. The highest BCUT2D eigenvalue weighted by atomic mass is 32.2. The standard InChI is InChI=1S/C23H17N3O9S/c1-32-18-9-13(3-6-16(18)35-20-8-4-14(11-24-20)26(30)31)10-19-21(27)25(23(29)36-19)12-15-5-7-17(34-15)22(28)33-2/h3-11H,12H2,1-2H3/b19-10+. The Balaban J connectivity index is 1.49. The van der Waals surface area contributed by atoms with Gasteiger partial charge in [-0.3, -0.25) is 24.6 Å². The van der Waals surface area contributed by atoms with Crippen molar-refractivity contribution in [3.05, 3.63) is 80.8 Å². The molecule has 0 N–H and O–H groups in total. The molecule has 0 saturated carbocycles. The van der Waals surface area contributed by atoms with Crippen LogP contribution in [0.5, 0.6) is 17.4 Å². The van der Waals surface area contributed by atoms with Gasteiger partial charge in [-0.05, 0) is 47.7 Å². The Hall–Kier alpha value is -4.65. The largest absolute Gasteiger partial charge is 0.493 e. The lowest BCUT2D eigenvalue weighted by atomic mass is 10.2. The Morgan fingerprint density at radius 1 is 1.17 bits per heavy atom. The number of hydrogen-bond donors (Lipinski definition) is 0. The van der Waals surface area contributed by atoms with Crippen LogP contribution in [0.15, 0.2) is 58.0 Å². The molecule has 1 fully saturated rings. The second-order valence-electron chi connectivity index (χ2n) is 7.15. The predicted octanol–water partition coefficient (Wildman–Crippen LogP) is 4.41. The number of imide groups is 1. The van der Waals surface area contributed by atoms with Crippen LogP contribution in [0.2, 0.25) is 0 Å². The van der Waals surface area contributed by atoms with Gasteiger partial charge in [0.1, 0.15) is 12.0 Å². The molecule has 1 aromatic carbocycles. The summed E-state index contributed by atoms with van der Waals surface area (Å²) in [5.74, 6) is -0.231. The van der Waals surface area contributed by atoms with Crippen molar-refractivity contribution in [2.24, 2.45) is 0 Å². The maximum atomic E-state index is 12.8. The van der Waals surface area contributed by atoms with Crippen LogP contribution in [0, 0.1) is 10.1 Å². The molecule has 13 heteroatoms. The number of hydrogen-bond acceptors (Lipinski definition) is 11. The zero-order chi connectivity index (χ0) is 25.8. The number of aromatic nitrogens is 1. The average Bonchev–Trinajstić information content (AvgIpc) is 3.45. The molecule has 1 aliphatic heterocycles. The minimum atomic E-state index is -0.666. The van der Waals surface area contributed by atoms with Crippen LogP contribution in [-0.2, 0) is 16.1 Å². The van der Waals surface area contributed by atoms with Gasteiger partial charge in [-0.2, -0.15) is 0 Å². The van der Waals surface area contributed by atoms with E-state index in [0.717, 1.165) is 22.9 Å². The number of esters is 1. The van der Waals surface area contributed by atoms with Gasteiger partial charge in [-0.15, -0.1) is 0 Å². The van der Waals surface area contributed by atoms with Gasteiger partial charge < -0.3 is 18.6 Å². The number of nitrogens with zero attached hydrogens (tertiary/aromatic N) is 3. The van der Waals surface area contributed by atoms with E-state index in [1.807, 2.05) is 0 Å². The van der Waals surface area contributed by atoms with E-state index in [-0.39, 0.29) is 34.5 Å². The number of carbonyl (C=O) groups excluding carboxylic acids is 3. The predicted molar refractivity (Wildman–Crippen MR) is 126 cm³/mol. The van der Waals surface area contributed by atoms with E-state index in [2.05, 4.69) is 9.72 Å². The summed E-state index contributed by atoms with van der Waals surface area (Å²) in [6, 6.07) is 10.3. The Kier molecular flexibility index (Phi) is 7.01. The molecule has 2 aromatic heterocycles. The summed E-state index contributed by atoms with van der Waals surface area (Å²) in [6.07, 6.45) is 2.61. The van der Waals surface area contributed by atoms with Crippen LogP contribution in [0.3, 0.4) is 0 Å². The van der Waals surface area contributed by atoms with Gasteiger partial charge in [-0.1, -0.05) is 6.07 Å². The molecule has 36 heavy (non-hydrogen) atoms. The summed E-state index contributed by atoms with van der Waals surface area (Å²) in [6.45, 7) is -0.142. The maximum absolute atomic E-state index is 12.8. The fourth-order valence-corrected chi connectivity index (χ4v) is 3.97. The highest BCUT2D eigenvalue weighted by Crippen LogP contribution is 2.36. The minimum absolute atomic E-state index is 0.0339. The van der Waals surface area contributed by atoms with Gasteiger partial charge in [0.05, 0.1) is 30.6 Å². The maximum Gasteiger partial charge on any atom is 0.373 e. The van der Waals surface area contributed by atoms with Crippen LogP contribution in [0.4, 0.5) is 10.5 Å². The fourth-order valence-electron chi connectivity index (χ4n) is 3.13. The van der Waals surface area contributed by atoms with Crippen LogP contribution in [0.1, 0.15) is 21.9 Å². The number of nitro groups is 1. The quantitative estimate of drug-likeness (QED) is 0.183. The lowest BCUT2D eigenvalue weighted by molar-refractivity contribution is -0.385. The van der Waals surface area contributed by atoms with Gasteiger partial charge in [0, 0.05) is 12.1 Å². The topological polar surface area (TPSA) is 151 Å². The molecule has 1 saturated heterocycles. The van der Waals surface area contributed by atoms with Crippen molar-refractivity contribution in [1.29, 1.82) is 0 Å². The zero-order valence-electron chi connectivity index (χ0n) is 18.8. The first-order valence-electron chi connectivity index (χ1n) is 10.2. The van der Waals surface area contributed by atoms with E-state index in [1.165, 1.54) is 44.6 Å². The molecule has 4 rings (SSSR count). The molecule has 0 atom stereocenters. The SMILES string of the molecule is COC(=O)c1ccc(CN2C(=O)S/C(=C/c3ccc(Oc4ccc([N+](=O)[O-])cn4)c(OC)c3)C2=O)o1. The molecule has 184 valence electrons. The number of methoxy groups -OCH3 is 2. The van der Waals surface area contributed by atoms with Crippen molar-refractivity contribution in [3.63, 3.8) is 0 Å². The third-order valence-corrected chi connectivity index (χ3v) is 5.77. The van der Waals surface area contributed by atoms with E-state index in [0.29, 0.717) is 17.1 Å². The van der Waals surface area contributed by atoms with E-state index < -0.39 is 22.0 Å². The highest BCUT2D eigenvalue weighted by molar-refractivity contribution is 8.18. The zero-order valence-corrected chi connectivity index (χ0v) is 19.6. The number of amides is 2. The summed E-state index contributed by atoms with van der Waals surface area (Å²) >= 11 is 0.766. The number of pyridine rings is 1. The van der Waals surface area contributed by atoms with Crippen LogP contribution >= 0.6 is 11.8 Å². The molecule has 3 aromatic rings. The first-order chi connectivity index (χ1) is 17.3. The lowest BCUT2D eigenvalue weighted by Gasteiger charge is -2.11. The Morgan fingerprint density at radius 3 is 2.64 bits per heavy atom. The second kappa shape index (κ2) is 10.3. The third kappa shape index (κ3) is 5.20. The molecule has 0 radical (unpaired) electrons. The Morgan fingerprint density at radius 2 is 1.97 bits per heavy atom. The molecule has 1 aliphatic rings.